The molecule has 2 N–H and O–H groups in total. The predicted molar refractivity (Wildman–Crippen MR) is 41.3 cm³/mol. The number of β-amino-alcohol motifs (C(OH)–C–C–N with tert-alkyl or cyclic N) is 1. The van der Waals surface area contributed by atoms with E-state index < -0.39 is 11.0 Å². The summed E-state index contributed by atoms with van der Waals surface area (Å²) in [7, 11) is 0. The molecule has 2 fully saturated rings. The SMILES string of the molecule is N#CC1(C2(O)CNC2)CCOC1. The summed E-state index contributed by atoms with van der Waals surface area (Å²) in [6.45, 7) is 2.01. The highest BCUT2D eigenvalue weighted by Gasteiger charge is 2.56. The lowest BCUT2D eigenvalue weighted by Crippen LogP contribution is -2.68. The summed E-state index contributed by atoms with van der Waals surface area (Å²) in [4.78, 5) is 0. The standard InChI is InChI=1S/C8H12N2O2/c9-3-7(1-2-12-6-7)8(11)4-10-5-8/h10-11H,1-2,4-6H2. The lowest BCUT2D eigenvalue weighted by atomic mass is 9.69. The zero-order valence-electron chi connectivity index (χ0n) is 6.84. The van der Waals surface area contributed by atoms with Crippen LogP contribution in [0.2, 0.25) is 0 Å². The van der Waals surface area contributed by atoms with E-state index in [-0.39, 0.29) is 0 Å². The maximum Gasteiger partial charge on any atom is 0.114 e. The summed E-state index contributed by atoms with van der Waals surface area (Å²) < 4.78 is 5.16. The Morgan fingerprint density at radius 2 is 2.25 bits per heavy atom. The first-order valence-corrected chi connectivity index (χ1v) is 4.15. The fourth-order valence-corrected chi connectivity index (χ4v) is 1.82. The number of nitrogens with one attached hydrogen (secondary N) is 1. The van der Waals surface area contributed by atoms with Gasteiger partial charge in [-0.05, 0) is 6.42 Å². The molecule has 1 atom stereocenters. The van der Waals surface area contributed by atoms with Crippen LogP contribution in [0, 0.1) is 16.7 Å². The number of aliphatic hydroxyl groups is 1. The molecule has 66 valence electrons. The number of nitrogens with zero attached hydrogens (tertiary/aromatic N) is 1. The Bertz CT molecular complexity index is 224. The van der Waals surface area contributed by atoms with E-state index in [0.717, 1.165) is 0 Å². The molecular weight excluding hydrogens is 156 g/mol. The number of nitriles is 1. The van der Waals surface area contributed by atoms with E-state index in [2.05, 4.69) is 11.4 Å². The zero-order chi connectivity index (χ0) is 8.66. The highest BCUT2D eigenvalue weighted by molar-refractivity contribution is 5.18. The molecule has 4 heteroatoms. The van der Waals surface area contributed by atoms with Gasteiger partial charge in [-0.15, -0.1) is 0 Å². The van der Waals surface area contributed by atoms with Gasteiger partial charge in [0, 0.05) is 19.7 Å². The Hall–Kier alpha value is -0.630. The van der Waals surface area contributed by atoms with Crippen molar-refractivity contribution in [3.05, 3.63) is 0 Å². The molecule has 4 nitrogen and oxygen atoms in total. The van der Waals surface area contributed by atoms with Crippen molar-refractivity contribution in [2.45, 2.75) is 12.0 Å². The highest BCUT2D eigenvalue weighted by atomic mass is 16.5. The van der Waals surface area contributed by atoms with Crippen LogP contribution in [0.4, 0.5) is 0 Å². The largest absolute Gasteiger partial charge is 0.385 e. The van der Waals surface area contributed by atoms with Crippen molar-refractivity contribution in [3.8, 4) is 6.07 Å². The minimum atomic E-state index is -0.849. The molecule has 12 heavy (non-hydrogen) atoms. The van der Waals surface area contributed by atoms with Crippen LogP contribution in [0.15, 0.2) is 0 Å². The van der Waals surface area contributed by atoms with Gasteiger partial charge in [-0.2, -0.15) is 5.26 Å². The van der Waals surface area contributed by atoms with Crippen LogP contribution < -0.4 is 5.32 Å². The van der Waals surface area contributed by atoms with Crippen molar-refractivity contribution in [1.29, 1.82) is 5.26 Å². The van der Waals surface area contributed by atoms with Gasteiger partial charge in [-0.1, -0.05) is 0 Å². The minimum absolute atomic E-state index is 0.377. The number of ether oxygens (including phenoxy) is 1. The van der Waals surface area contributed by atoms with E-state index in [4.69, 9.17) is 10.00 Å². The van der Waals surface area contributed by atoms with Gasteiger partial charge < -0.3 is 15.2 Å². The Labute approximate surface area is 71.1 Å². The average molecular weight is 168 g/mol. The van der Waals surface area contributed by atoms with Gasteiger partial charge in [0.15, 0.2) is 0 Å². The number of rotatable bonds is 1. The predicted octanol–water partition coefficient (Wildman–Crippen LogP) is -0.749. The molecule has 2 rings (SSSR count). The second-order valence-electron chi connectivity index (χ2n) is 3.63. The zero-order valence-corrected chi connectivity index (χ0v) is 6.84. The fraction of sp³-hybridized carbons (Fsp3) is 0.875. The summed E-state index contributed by atoms with van der Waals surface area (Å²) in [5.41, 5.74) is -1.50. The van der Waals surface area contributed by atoms with Crippen LogP contribution in [0.5, 0.6) is 0 Å². The molecule has 2 saturated heterocycles. The lowest BCUT2D eigenvalue weighted by Gasteiger charge is -2.46. The molecule has 2 aliphatic rings. The summed E-state index contributed by atoms with van der Waals surface area (Å²) in [5, 5.41) is 22.0. The second-order valence-corrected chi connectivity index (χ2v) is 3.63. The monoisotopic (exact) mass is 168 g/mol. The molecule has 0 radical (unpaired) electrons. The highest BCUT2D eigenvalue weighted by Crippen LogP contribution is 2.41. The van der Waals surface area contributed by atoms with Crippen molar-refractivity contribution >= 4 is 0 Å². The van der Waals surface area contributed by atoms with Gasteiger partial charge in [0.1, 0.15) is 11.0 Å². The van der Waals surface area contributed by atoms with Gasteiger partial charge in [-0.25, -0.2) is 0 Å². The average Bonchev–Trinajstić information content (AvgIpc) is 2.49. The van der Waals surface area contributed by atoms with Gasteiger partial charge in [-0.3, -0.25) is 0 Å². The second kappa shape index (κ2) is 2.43. The molecule has 0 spiro atoms. The number of hydrogen-bond donors (Lipinski definition) is 2. The molecular formula is C8H12N2O2. The normalized spacial score (nSPS) is 38.7. The first kappa shape index (κ1) is 7.99. The maximum absolute atomic E-state index is 10.00. The minimum Gasteiger partial charge on any atom is -0.385 e. The third-order valence-corrected chi connectivity index (χ3v) is 2.96. The van der Waals surface area contributed by atoms with Gasteiger partial charge >= 0.3 is 0 Å². The first-order valence-electron chi connectivity index (χ1n) is 4.15. The smallest absolute Gasteiger partial charge is 0.114 e. The van der Waals surface area contributed by atoms with Crippen LogP contribution in [-0.4, -0.2) is 37.0 Å². The topological polar surface area (TPSA) is 65.3 Å². The van der Waals surface area contributed by atoms with Gasteiger partial charge in [0.25, 0.3) is 0 Å². The Balaban J connectivity index is 2.22. The van der Waals surface area contributed by atoms with Crippen molar-refractivity contribution in [2.24, 2.45) is 5.41 Å². The van der Waals surface area contributed by atoms with Crippen molar-refractivity contribution in [3.63, 3.8) is 0 Å². The van der Waals surface area contributed by atoms with Crippen molar-refractivity contribution in [1.82, 2.24) is 5.32 Å². The molecule has 2 heterocycles. The molecule has 2 aliphatic heterocycles. The Kier molecular flexibility index (Phi) is 1.62. The van der Waals surface area contributed by atoms with Gasteiger partial charge in [0.05, 0.1) is 12.7 Å². The lowest BCUT2D eigenvalue weighted by molar-refractivity contribution is -0.0949. The molecule has 0 aliphatic carbocycles. The van der Waals surface area contributed by atoms with Crippen molar-refractivity contribution < 1.29 is 9.84 Å². The molecule has 0 amide bonds. The third-order valence-electron chi connectivity index (χ3n) is 2.96. The van der Waals surface area contributed by atoms with E-state index >= 15 is 0 Å². The number of hydrogen-bond acceptors (Lipinski definition) is 4. The Morgan fingerprint density at radius 3 is 2.58 bits per heavy atom. The summed E-state index contributed by atoms with van der Waals surface area (Å²) in [5.74, 6) is 0. The molecule has 0 aromatic heterocycles. The van der Waals surface area contributed by atoms with E-state index in [0.29, 0.717) is 32.7 Å². The fourth-order valence-electron chi connectivity index (χ4n) is 1.82. The van der Waals surface area contributed by atoms with E-state index in [9.17, 15) is 5.11 Å². The quantitative estimate of drug-likeness (QED) is 0.540. The van der Waals surface area contributed by atoms with Crippen LogP contribution in [0.25, 0.3) is 0 Å². The molecule has 0 aromatic carbocycles. The van der Waals surface area contributed by atoms with Gasteiger partial charge in [0.2, 0.25) is 0 Å². The maximum atomic E-state index is 10.00. The van der Waals surface area contributed by atoms with Crippen LogP contribution in [0.3, 0.4) is 0 Å². The van der Waals surface area contributed by atoms with Crippen LogP contribution in [0.1, 0.15) is 6.42 Å². The van der Waals surface area contributed by atoms with E-state index in [1.807, 2.05) is 0 Å². The Morgan fingerprint density at radius 1 is 1.50 bits per heavy atom. The van der Waals surface area contributed by atoms with Crippen LogP contribution in [-0.2, 0) is 4.74 Å². The third kappa shape index (κ3) is 0.816. The molecule has 0 bridgehead atoms. The van der Waals surface area contributed by atoms with E-state index in [1.54, 1.807) is 0 Å². The molecule has 0 saturated carbocycles. The van der Waals surface area contributed by atoms with Crippen LogP contribution >= 0.6 is 0 Å². The summed E-state index contributed by atoms with van der Waals surface area (Å²) in [6, 6.07) is 2.20. The van der Waals surface area contributed by atoms with E-state index in [1.165, 1.54) is 0 Å². The molecule has 1 unspecified atom stereocenters. The first-order chi connectivity index (χ1) is 5.72. The summed E-state index contributed by atoms with van der Waals surface area (Å²) >= 11 is 0. The summed E-state index contributed by atoms with van der Waals surface area (Å²) in [6.07, 6.45) is 0.654. The molecule has 0 aromatic rings. The van der Waals surface area contributed by atoms with Crippen molar-refractivity contribution in [2.75, 3.05) is 26.3 Å².